The molecule has 6 nitrogen and oxygen atoms in total. The molecule has 2 aromatic heterocycles. The van der Waals surface area contributed by atoms with Crippen LogP contribution < -0.4 is 0 Å². The number of carbonyl (C=O) groups excluding carboxylic acids is 1. The number of fused-ring (bicyclic) bond motifs is 1. The zero-order valence-electron chi connectivity index (χ0n) is 21.1. The highest BCUT2D eigenvalue weighted by Crippen LogP contribution is 2.33. The highest BCUT2D eigenvalue weighted by molar-refractivity contribution is 7.99. The number of hydrogen-bond donors (Lipinski definition) is 0. The zero-order valence-corrected chi connectivity index (χ0v) is 21.9. The van der Waals surface area contributed by atoms with Crippen LogP contribution in [0.25, 0.3) is 17.1 Å². The molecular weight excluding hydrogens is 466 g/mol. The molecule has 2 aromatic carbocycles. The van der Waals surface area contributed by atoms with Crippen LogP contribution in [0.1, 0.15) is 41.7 Å². The summed E-state index contributed by atoms with van der Waals surface area (Å²) < 4.78 is 2.14. The number of hydrogen-bond acceptors (Lipinski definition) is 5. The molecule has 1 aliphatic rings. The molecule has 0 N–H and O–H groups in total. The van der Waals surface area contributed by atoms with Gasteiger partial charge in [-0.05, 0) is 60.6 Å². The zero-order chi connectivity index (χ0) is 25.1. The molecule has 0 fully saturated rings. The van der Waals surface area contributed by atoms with Gasteiger partial charge >= 0.3 is 0 Å². The first-order valence-electron chi connectivity index (χ1n) is 12.5. The molecule has 1 aliphatic heterocycles. The fourth-order valence-corrected chi connectivity index (χ4v) is 5.77. The topological polar surface area (TPSA) is 63.9 Å². The summed E-state index contributed by atoms with van der Waals surface area (Å²) in [5.74, 6) is 1.20. The molecule has 0 saturated carbocycles. The molecule has 0 aliphatic carbocycles. The number of pyridine rings is 1. The van der Waals surface area contributed by atoms with Crippen molar-refractivity contribution in [2.24, 2.45) is 0 Å². The van der Waals surface area contributed by atoms with Gasteiger partial charge in [0.15, 0.2) is 11.0 Å². The molecule has 184 valence electrons. The van der Waals surface area contributed by atoms with Gasteiger partial charge in [0.2, 0.25) is 5.91 Å². The fourth-order valence-electron chi connectivity index (χ4n) is 4.93. The third-order valence-corrected chi connectivity index (χ3v) is 7.67. The predicted molar refractivity (Wildman–Crippen MR) is 144 cm³/mol. The summed E-state index contributed by atoms with van der Waals surface area (Å²) in [5.41, 5.74) is 8.35. The highest BCUT2D eigenvalue weighted by atomic mass is 32.2. The Morgan fingerprint density at radius 2 is 1.75 bits per heavy atom. The summed E-state index contributed by atoms with van der Waals surface area (Å²) in [5, 5.41) is 9.89. The number of rotatable bonds is 7. The van der Waals surface area contributed by atoms with Crippen LogP contribution in [0.15, 0.2) is 66.1 Å². The minimum atomic E-state index is 0.127. The van der Waals surface area contributed by atoms with Crippen molar-refractivity contribution in [2.75, 3.05) is 12.3 Å². The van der Waals surface area contributed by atoms with E-state index in [1.807, 2.05) is 29.3 Å². The van der Waals surface area contributed by atoms with E-state index in [9.17, 15) is 4.79 Å². The van der Waals surface area contributed by atoms with Gasteiger partial charge in [0.1, 0.15) is 0 Å². The highest BCUT2D eigenvalue weighted by Gasteiger charge is 2.24. The number of amides is 1. The van der Waals surface area contributed by atoms with Crippen molar-refractivity contribution in [1.29, 1.82) is 0 Å². The van der Waals surface area contributed by atoms with E-state index in [4.69, 9.17) is 0 Å². The first kappa shape index (κ1) is 24.3. The predicted octanol–water partition coefficient (Wildman–Crippen LogP) is 5.44. The Labute approximate surface area is 216 Å². The first-order chi connectivity index (χ1) is 17.6. The Morgan fingerprint density at radius 3 is 2.44 bits per heavy atom. The lowest BCUT2D eigenvalue weighted by Crippen LogP contribution is -2.37. The quantitative estimate of drug-likeness (QED) is 0.318. The second-order valence-corrected chi connectivity index (χ2v) is 10.1. The van der Waals surface area contributed by atoms with Gasteiger partial charge in [-0.1, -0.05) is 67.6 Å². The Kier molecular flexibility index (Phi) is 7.18. The molecule has 3 heterocycles. The van der Waals surface area contributed by atoms with E-state index < -0.39 is 0 Å². The van der Waals surface area contributed by atoms with Crippen molar-refractivity contribution >= 4 is 17.7 Å². The average Bonchev–Trinajstić information content (AvgIpc) is 3.34. The van der Waals surface area contributed by atoms with Crippen molar-refractivity contribution in [3.05, 3.63) is 88.7 Å². The number of carbonyl (C=O) groups is 1. The van der Waals surface area contributed by atoms with Crippen molar-refractivity contribution < 1.29 is 4.79 Å². The van der Waals surface area contributed by atoms with Gasteiger partial charge in [-0.15, -0.1) is 10.2 Å². The molecule has 4 aromatic rings. The van der Waals surface area contributed by atoms with Crippen LogP contribution in [0.5, 0.6) is 0 Å². The van der Waals surface area contributed by atoms with Crippen LogP contribution in [-0.4, -0.2) is 42.9 Å². The molecule has 7 heteroatoms. The average molecular weight is 498 g/mol. The summed E-state index contributed by atoms with van der Waals surface area (Å²) in [6.45, 7) is 7.91. The normalized spacial score (nSPS) is 13.0. The molecule has 1 amide bonds. The SMILES string of the molecule is CCc1cc(C)cc(CC)c1-n1c(SCC(=O)N2CCc3ccccc3C2)nnc1-c1cccnc1. The smallest absolute Gasteiger partial charge is 0.233 e. The number of benzene rings is 2. The lowest BCUT2D eigenvalue weighted by atomic mass is 9.99. The summed E-state index contributed by atoms with van der Waals surface area (Å²) in [7, 11) is 0. The minimum absolute atomic E-state index is 0.127. The Morgan fingerprint density at radius 1 is 1.00 bits per heavy atom. The second-order valence-electron chi connectivity index (χ2n) is 9.14. The third kappa shape index (κ3) is 4.80. The molecular formula is C29H31N5OS. The molecule has 0 bridgehead atoms. The van der Waals surface area contributed by atoms with Crippen molar-refractivity contribution in [3.8, 4) is 17.1 Å². The van der Waals surface area contributed by atoms with Crippen LogP contribution in [-0.2, 0) is 30.6 Å². The van der Waals surface area contributed by atoms with E-state index in [1.165, 1.54) is 39.6 Å². The molecule has 0 saturated heterocycles. The van der Waals surface area contributed by atoms with E-state index in [0.29, 0.717) is 12.3 Å². The fraction of sp³-hybridized carbons (Fsp3) is 0.310. The lowest BCUT2D eigenvalue weighted by molar-refractivity contribution is -0.129. The molecule has 36 heavy (non-hydrogen) atoms. The van der Waals surface area contributed by atoms with Crippen molar-refractivity contribution in [2.45, 2.75) is 51.7 Å². The Bertz CT molecular complexity index is 1360. The largest absolute Gasteiger partial charge is 0.337 e. The third-order valence-electron chi connectivity index (χ3n) is 6.76. The van der Waals surface area contributed by atoms with Gasteiger partial charge in [-0.2, -0.15) is 0 Å². The number of nitrogens with zero attached hydrogens (tertiary/aromatic N) is 5. The van der Waals surface area contributed by atoms with E-state index in [1.54, 1.807) is 6.20 Å². The monoisotopic (exact) mass is 497 g/mol. The summed E-state index contributed by atoms with van der Waals surface area (Å²) >= 11 is 1.46. The Hall–Kier alpha value is -3.45. The molecule has 0 atom stereocenters. The maximum atomic E-state index is 13.2. The first-order valence-corrected chi connectivity index (χ1v) is 13.5. The van der Waals surface area contributed by atoms with Crippen LogP contribution in [0.2, 0.25) is 0 Å². The van der Waals surface area contributed by atoms with Crippen LogP contribution in [0.3, 0.4) is 0 Å². The van der Waals surface area contributed by atoms with Gasteiger partial charge in [-0.3, -0.25) is 14.3 Å². The van der Waals surface area contributed by atoms with Gasteiger partial charge in [0.25, 0.3) is 0 Å². The second kappa shape index (κ2) is 10.7. The summed E-state index contributed by atoms with van der Waals surface area (Å²) in [6, 6.07) is 16.8. The van der Waals surface area contributed by atoms with E-state index >= 15 is 0 Å². The number of aryl methyl sites for hydroxylation is 3. The van der Waals surface area contributed by atoms with Gasteiger partial charge in [0, 0.05) is 31.0 Å². The lowest BCUT2D eigenvalue weighted by Gasteiger charge is -2.28. The summed E-state index contributed by atoms with van der Waals surface area (Å²) in [6.07, 6.45) is 6.26. The Balaban J connectivity index is 1.49. The van der Waals surface area contributed by atoms with E-state index in [-0.39, 0.29) is 5.91 Å². The van der Waals surface area contributed by atoms with Gasteiger partial charge < -0.3 is 4.90 Å². The van der Waals surface area contributed by atoms with E-state index in [2.05, 4.69) is 70.9 Å². The summed E-state index contributed by atoms with van der Waals surface area (Å²) in [4.78, 5) is 19.5. The van der Waals surface area contributed by atoms with Crippen LogP contribution in [0, 0.1) is 6.92 Å². The van der Waals surface area contributed by atoms with Gasteiger partial charge in [-0.25, -0.2) is 0 Å². The van der Waals surface area contributed by atoms with Gasteiger partial charge in [0.05, 0.1) is 11.4 Å². The van der Waals surface area contributed by atoms with Crippen LogP contribution in [0.4, 0.5) is 0 Å². The molecule has 0 radical (unpaired) electrons. The van der Waals surface area contributed by atoms with Crippen molar-refractivity contribution in [1.82, 2.24) is 24.6 Å². The molecule has 5 rings (SSSR count). The number of thioether (sulfide) groups is 1. The minimum Gasteiger partial charge on any atom is -0.337 e. The maximum Gasteiger partial charge on any atom is 0.233 e. The number of aromatic nitrogens is 4. The standard InChI is InChI=1S/C29H31N5OS/c1-4-21-15-20(3)16-22(5-2)27(21)34-28(24-11-8-13-30-17-24)31-32-29(34)36-19-26(35)33-14-12-23-9-6-7-10-25(23)18-33/h6-11,13,15-17H,4-5,12,14,18-19H2,1-3H3. The van der Waals surface area contributed by atoms with Crippen LogP contribution >= 0.6 is 11.8 Å². The van der Waals surface area contributed by atoms with E-state index in [0.717, 1.165) is 48.0 Å². The maximum absolute atomic E-state index is 13.2. The van der Waals surface area contributed by atoms with Crippen molar-refractivity contribution in [3.63, 3.8) is 0 Å². The molecule has 0 spiro atoms. The molecule has 0 unspecified atom stereocenters.